The van der Waals surface area contributed by atoms with Crippen molar-refractivity contribution in [3.8, 4) is 17.1 Å². The molecule has 3 heterocycles. The normalized spacial score (nSPS) is 18.7. The van der Waals surface area contributed by atoms with Crippen molar-refractivity contribution in [1.82, 2.24) is 19.3 Å². The van der Waals surface area contributed by atoms with Crippen LogP contribution in [0.2, 0.25) is 0 Å². The average Bonchev–Trinajstić information content (AvgIpc) is 2.77. The smallest absolute Gasteiger partial charge is 0.242 e. The topological polar surface area (TPSA) is 115 Å². The summed E-state index contributed by atoms with van der Waals surface area (Å²) >= 11 is 0. The summed E-state index contributed by atoms with van der Waals surface area (Å²) in [6.07, 6.45) is 3.39. The van der Waals surface area contributed by atoms with Gasteiger partial charge in [-0.25, -0.2) is 18.4 Å². The van der Waals surface area contributed by atoms with E-state index in [2.05, 4.69) is 15.0 Å². The lowest BCUT2D eigenvalue weighted by Gasteiger charge is -2.30. The molecule has 0 aliphatic carbocycles. The summed E-state index contributed by atoms with van der Waals surface area (Å²) in [7, 11) is -3.29. The quantitative estimate of drug-likeness (QED) is 0.612. The molecule has 9 nitrogen and oxygen atoms in total. The van der Waals surface area contributed by atoms with Crippen LogP contribution in [0.4, 0.5) is 0 Å². The van der Waals surface area contributed by atoms with Crippen molar-refractivity contribution in [3.05, 3.63) is 48.3 Å². The molecule has 0 saturated carbocycles. The van der Waals surface area contributed by atoms with Crippen LogP contribution in [0.5, 0.6) is 5.88 Å². The molecule has 164 valence electrons. The Morgan fingerprint density at radius 3 is 2.71 bits per heavy atom. The Balaban J connectivity index is 1.59. The molecule has 0 amide bonds. The van der Waals surface area contributed by atoms with Gasteiger partial charge in [-0.15, -0.1) is 0 Å². The molecule has 0 radical (unpaired) electrons. The second-order valence-electron chi connectivity index (χ2n) is 7.46. The number of hydrogen-bond acceptors (Lipinski definition) is 8. The van der Waals surface area contributed by atoms with Crippen LogP contribution in [0.15, 0.2) is 42.7 Å². The van der Waals surface area contributed by atoms with E-state index in [1.54, 1.807) is 19.3 Å². The summed E-state index contributed by atoms with van der Waals surface area (Å²) in [6.45, 7) is 2.71. The molecule has 2 atom stereocenters. The maximum absolute atomic E-state index is 11.8. The Hall–Kier alpha value is -2.66. The fraction of sp³-hybridized carbons (Fsp3) is 0.381. The molecular weight excluding hydrogens is 420 g/mol. The predicted molar refractivity (Wildman–Crippen MR) is 115 cm³/mol. The van der Waals surface area contributed by atoms with Crippen LogP contribution in [-0.4, -0.2) is 71.4 Å². The fourth-order valence-electron chi connectivity index (χ4n) is 3.39. The Labute approximate surface area is 180 Å². The average molecular weight is 445 g/mol. The first-order valence-electron chi connectivity index (χ1n) is 9.91. The number of ether oxygens (including phenoxy) is 2. The number of morpholine rings is 1. The molecule has 0 spiro atoms. The summed E-state index contributed by atoms with van der Waals surface area (Å²) < 4.78 is 36.7. The molecule has 1 fully saturated rings. The predicted octanol–water partition coefficient (Wildman–Crippen LogP) is 1.78. The number of hydrogen-bond donors (Lipinski definition) is 1. The van der Waals surface area contributed by atoms with Gasteiger partial charge in [-0.1, -0.05) is 24.3 Å². The number of aliphatic hydroxyl groups excluding tert-OH is 1. The van der Waals surface area contributed by atoms with Crippen molar-refractivity contribution in [1.29, 1.82) is 0 Å². The monoisotopic (exact) mass is 444 g/mol. The van der Waals surface area contributed by atoms with Gasteiger partial charge in [0.1, 0.15) is 12.7 Å². The molecule has 4 rings (SSSR count). The molecule has 3 aromatic rings. The van der Waals surface area contributed by atoms with Crippen LogP contribution in [0.3, 0.4) is 0 Å². The van der Waals surface area contributed by atoms with E-state index < -0.39 is 22.2 Å². The van der Waals surface area contributed by atoms with E-state index >= 15 is 0 Å². The molecule has 0 bridgehead atoms. The standard InChI is InChI=1S/C21H24N4O5S/c1-14(26)15-3-5-16(6-4-15)18-11-19-20(23-8-7-22-19)21(24-18)30-13-17-12-25(9-10-29-17)31(2,27)28/h3-8,11,14,17,26H,9-10,12-13H2,1-2H3/t14?,17-/m0/s1. The minimum Gasteiger partial charge on any atom is -0.473 e. The Morgan fingerprint density at radius 1 is 1.26 bits per heavy atom. The number of rotatable bonds is 6. The van der Waals surface area contributed by atoms with Gasteiger partial charge in [0.25, 0.3) is 0 Å². The lowest BCUT2D eigenvalue weighted by atomic mass is 10.1. The third-order valence-electron chi connectivity index (χ3n) is 5.09. The highest BCUT2D eigenvalue weighted by atomic mass is 32.2. The zero-order chi connectivity index (χ0) is 22.0. The lowest BCUT2D eigenvalue weighted by molar-refractivity contribution is -0.0252. The second kappa shape index (κ2) is 8.83. The maximum atomic E-state index is 11.8. The van der Waals surface area contributed by atoms with Gasteiger partial charge in [-0.05, 0) is 18.6 Å². The highest BCUT2D eigenvalue weighted by Gasteiger charge is 2.27. The summed E-state index contributed by atoms with van der Waals surface area (Å²) in [5, 5.41) is 9.73. The molecule has 1 aromatic carbocycles. The van der Waals surface area contributed by atoms with Crippen LogP contribution in [0, 0.1) is 0 Å². The minimum absolute atomic E-state index is 0.134. The van der Waals surface area contributed by atoms with Gasteiger partial charge in [0.05, 0.1) is 30.2 Å². The van der Waals surface area contributed by atoms with Gasteiger partial charge in [-0.2, -0.15) is 4.31 Å². The molecule has 1 unspecified atom stereocenters. The summed E-state index contributed by atoms with van der Waals surface area (Å²) in [5.41, 5.74) is 3.46. The van der Waals surface area contributed by atoms with Crippen LogP contribution in [-0.2, 0) is 14.8 Å². The van der Waals surface area contributed by atoms with E-state index in [1.807, 2.05) is 30.3 Å². The van der Waals surface area contributed by atoms with E-state index in [0.29, 0.717) is 35.8 Å². The van der Waals surface area contributed by atoms with Crippen LogP contribution < -0.4 is 4.74 Å². The first-order chi connectivity index (χ1) is 14.8. The van der Waals surface area contributed by atoms with E-state index in [-0.39, 0.29) is 13.2 Å². The summed E-state index contributed by atoms with van der Waals surface area (Å²) in [4.78, 5) is 13.3. The summed E-state index contributed by atoms with van der Waals surface area (Å²) in [5.74, 6) is 0.306. The van der Waals surface area contributed by atoms with Crippen LogP contribution in [0.1, 0.15) is 18.6 Å². The first-order valence-corrected chi connectivity index (χ1v) is 11.8. The number of sulfonamides is 1. The van der Waals surface area contributed by atoms with Crippen molar-refractivity contribution in [3.63, 3.8) is 0 Å². The van der Waals surface area contributed by atoms with Crippen molar-refractivity contribution < 1.29 is 23.0 Å². The molecular formula is C21H24N4O5S. The van der Waals surface area contributed by atoms with Gasteiger partial charge >= 0.3 is 0 Å². The van der Waals surface area contributed by atoms with Gasteiger partial charge in [0.15, 0.2) is 5.52 Å². The van der Waals surface area contributed by atoms with Crippen LogP contribution in [0.25, 0.3) is 22.3 Å². The lowest BCUT2D eigenvalue weighted by Crippen LogP contribution is -2.47. The minimum atomic E-state index is -3.29. The Bertz CT molecular complexity index is 1170. The third kappa shape index (κ3) is 4.99. The SMILES string of the molecule is CC(O)c1ccc(-c2cc3nccnc3c(OC[C@@H]3CN(S(C)(=O)=O)CCO3)n2)cc1. The van der Waals surface area contributed by atoms with Gasteiger partial charge in [0.2, 0.25) is 15.9 Å². The fourth-order valence-corrected chi connectivity index (χ4v) is 4.23. The summed E-state index contributed by atoms with van der Waals surface area (Å²) in [6, 6.07) is 9.28. The Kier molecular flexibility index (Phi) is 6.15. The molecule has 31 heavy (non-hydrogen) atoms. The van der Waals surface area contributed by atoms with Crippen molar-refractivity contribution in [2.24, 2.45) is 0 Å². The number of nitrogens with zero attached hydrogens (tertiary/aromatic N) is 4. The van der Waals surface area contributed by atoms with E-state index in [0.717, 1.165) is 11.1 Å². The van der Waals surface area contributed by atoms with Gasteiger partial charge < -0.3 is 14.6 Å². The number of aliphatic hydroxyl groups is 1. The molecule has 10 heteroatoms. The van der Waals surface area contributed by atoms with E-state index in [4.69, 9.17) is 9.47 Å². The Morgan fingerprint density at radius 2 is 2.00 bits per heavy atom. The first kappa shape index (κ1) is 21.6. The van der Waals surface area contributed by atoms with Crippen LogP contribution >= 0.6 is 0 Å². The molecule has 1 aliphatic rings. The van der Waals surface area contributed by atoms with E-state index in [1.165, 1.54) is 10.6 Å². The van der Waals surface area contributed by atoms with Crippen molar-refractivity contribution in [2.75, 3.05) is 32.6 Å². The van der Waals surface area contributed by atoms with Gasteiger partial charge in [-0.3, -0.25) is 4.98 Å². The number of benzene rings is 1. The van der Waals surface area contributed by atoms with Crippen molar-refractivity contribution in [2.45, 2.75) is 19.1 Å². The molecule has 1 aliphatic heterocycles. The molecule has 2 aromatic heterocycles. The molecule has 1 N–H and O–H groups in total. The maximum Gasteiger partial charge on any atom is 0.242 e. The largest absolute Gasteiger partial charge is 0.473 e. The number of aromatic nitrogens is 3. The number of pyridine rings is 1. The van der Waals surface area contributed by atoms with E-state index in [9.17, 15) is 13.5 Å². The highest BCUT2D eigenvalue weighted by Crippen LogP contribution is 2.28. The zero-order valence-electron chi connectivity index (χ0n) is 17.3. The highest BCUT2D eigenvalue weighted by molar-refractivity contribution is 7.88. The zero-order valence-corrected chi connectivity index (χ0v) is 18.1. The third-order valence-corrected chi connectivity index (χ3v) is 6.36. The van der Waals surface area contributed by atoms with Crippen molar-refractivity contribution >= 4 is 21.1 Å². The molecule has 1 saturated heterocycles. The van der Waals surface area contributed by atoms with Gasteiger partial charge in [0, 0.05) is 31.0 Å². The second-order valence-corrected chi connectivity index (χ2v) is 9.44. The number of fused-ring (bicyclic) bond motifs is 1.